The summed E-state index contributed by atoms with van der Waals surface area (Å²) in [6.07, 6.45) is 0. The van der Waals surface area contributed by atoms with Crippen molar-refractivity contribution in [2.75, 3.05) is 39.8 Å². The molecule has 0 aromatic rings. The normalized spacial score (nSPS) is 41.9. The first-order chi connectivity index (χ1) is 7.78. The van der Waals surface area contributed by atoms with Crippen molar-refractivity contribution in [2.24, 2.45) is 5.50 Å². The van der Waals surface area contributed by atoms with Crippen molar-refractivity contribution >= 4 is 18.0 Å². The fourth-order valence-corrected chi connectivity index (χ4v) is 3.89. The van der Waals surface area contributed by atoms with E-state index in [0.717, 1.165) is 0 Å². The van der Waals surface area contributed by atoms with Gasteiger partial charge in [-0.05, 0) is 11.2 Å². The molecule has 0 amide bonds. The summed E-state index contributed by atoms with van der Waals surface area (Å²) in [4.78, 5) is 0.522. The first-order valence-electron chi connectivity index (χ1n) is 4.99. The lowest BCUT2D eigenvalue weighted by molar-refractivity contribution is -1.19. The van der Waals surface area contributed by atoms with Crippen molar-refractivity contribution in [1.82, 2.24) is 4.89 Å². The van der Waals surface area contributed by atoms with Crippen molar-refractivity contribution in [1.29, 1.82) is 0 Å². The van der Waals surface area contributed by atoms with Gasteiger partial charge in [0.25, 0.3) is 0 Å². The van der Waals surface area contributed by atoms with Crippen LogP contribution in [0.2, 0.25) is 0 Å². The highest BCUT2D eigenvalue weighted by Crippen LogP contribution is 2.53. The lowest BCUT2D eigenvalue weighted by atomic mass is 10.7. The van der Waals surface area contributed by atoms with Crippen LogP contribution < -0.4 is 5.50 Å². The van der Waals surface area contributed by atoms with Crippen molar-refractivity contribution in [3.05, 3.63) is 10.4 Å². The number of hydroxylamine groups is 4. The molecule has 2 saturated heterocycles. The Kier molecular flexibility index (Phi) is 3.52. The predicted octanol–water partition coefficient (Wildman–Crippen LogP) is 0.0286. The second-order valence-electron chi connectivity index (χ2n) is 4.03. The highest BCUT2D eigenvalue weighted by molar-refractivity contribution is 7.85. The second-order valence-corrected chi connectivity index (χ2v) is 6.93. The fraction of sp³-hybridized carbons (Fsp3) is 1.00. The van der Waals surface area contributed by atoms with E-state index in [-0.39, 0.29) is 39.8 Å². The van der Waals surface area contributed by atoms with E-state index in [2.05, 4.69) is 0 Å². The molecule has 100 valence electrons. The molecular weight excluding hydrogens is 275 g/mol. The van der Waals surface area contributed by atoms with Gasteiger partial charge < -0.3 is 19.9 Å². The van der Waals surface area contributed by atoms with E-state index < -0.39 is 16.3 Å². The van der Waals surface area contributed by atoms with Gasteiger partial charge in [-0.1, -0.05) is 0 Å². The lowest BCUT2D eigenvalue weighted by Gasteiger charge is -2.52. The third kappa shape index (κ3) is 2.49. The third-order valence-corrected chi connectivity index (χ3v) is 4.20. The Hall–Kier alpha value is 0.200. The van der Waals surface area contributed by atoms with Crippen LogP contribution in [0.3, 0.4) is 0 Å². The molecule has 9 nitrogen and oxygen atoms in total. The third-order valence-electron chi connectivity index (χ3n) is 2.65. The Labute approximate surface area is 103 Å². The quantitative estimate of drug-likeness (QED) is 0.443. The molecule has 0 aromatic carbocycles. The molecule has 2 N–H and O–H groups in total. The van der Waals surface area contributed by atoms with Gasteiger partial charge >= 0.3 is 6.80 Å². The lowest BCUT2D eigenvalue weighted by Crippen LogP contribution is -2.66. The van der Waals surface area contributed by atoms with Crippen molar-refractivity contribution < 1.29 is 23.5 Å². The minimum absolute atomic E-state index is 0.0455. The molecule has 0 radical (unpaired) electrons. The van der Waals surface area contributed by atoms with E-state index in [1.54, 1.807) is 0 Å². The average molecular weight is 289 g/mol. The van der Waals surface area contributed by atoms with Gasteiger partial charge in [0.15, 0.2) is 0 Å². The number of nitrogens with zero attached hydrogens (tertiary/aromatic N) is 3. The van der Waals surface area contributed by atoms with Crippen LogP contribution in [-0.4, -0.2) is 54.2 Å². The molecular formula is C6H14ClN4O5P. The smallest absolute Gasteiger partial charge is 0.399 e. The number of hydrogen-bond acceptors (Lipinski definition) is 5. The zero-order chi connectivity index (χ0) is 12.7. The van der Waals surface area contributed by atoms with E-state index in [9.17, 15) is 15.0 Å². The number of halogens is 1. The molecule has 2 fully saturated rings. The summed E-state index contributed by atoms with van der Waals surface area (Å²) in [7, 11) is 0. The number of rotatable bonds is 3. The van der Waals surface area contributed by atoms with Gasteiger partial charge in [0.2, 0.25) is 13.5 Å². The summed E-state index contributed by atoms with van der Waals surface area (Å²) < 4.78 is 19.2. The van der Waals surface area contributed by atoms with Crippen molar-refractivity contribution in [3.8, 4) is 0 Å². The van der Waals surface area contributed by atoms with Crippen LogP contribution in [0.15, 0.2) is 0 Å². The maximum Gasteiger partial charge on any atom is 0.399 e. The summed E-state index contributed by atoms with van der Waals surface area (Å²) in [5.41, 5.74) is 5.31. The van der Waals surface area contributed by atoms with Crippen LogP contribution in [0, 0.1) is 10.4 Å². The molecule has 3 atom stereocenters. The molecule has 2 rings (SSSR count). The van der Waals surface area contributed by atoms with Crippen molar-refractivity contribution in [3.63, 3.8) is 0 Å². The first-order valence-corrected chi connectivity index (χ1v) is 7.63. The molecule has 17 heavy (non-hydrogen) atoms. The van der Waals surface area contributed by atoms with Crippen LogP contribution >= 0.6 is 18.0 Å². The molecule has 0 saturated carbocycles. The Balaban J connectivity index is 2.35. The van der Waals surface area contributed by atoms with Gasteiger partial charge in [0.1, 0.15) is 26.3 Å². The number of nitrogens with two attached hydrogens (primary N) is 1. The van der Waals surface area contributed by atoms with Gasteiger partial charge in [0, 0.05) is 0 Å². The van der Waals surface area contributed by atoms with Gasteiger partial charge in [0.05, 0.1) is 4.89 Å². The SMILES string of the molecule is NP(=O)(Cl)N([N+]1([O-])CCOC1)[N+]1([O-])CCOC1. The molecule has 11 heteroatoms. The molecule has 0 aromatic heterocycles. The fourth-order valence-electron chi connectivity index (χ4n) is 1.98. The van der Waals surface area contributed by atoms with Crippen molar-refractivity contribution in [2.45, 2.75) is 0 Å². The van der Waals surface area contributed by atoms with Crippen LogP contribution in [-0.2, 0) is 14.0 Å². The van der Waals surface area contributed by atoms with E-state index in [4.69, 9.17) is 26.2 Å². The summed E-state index contributed by atoms with van der Waals surface area (Å²) in [6.45, 7) is -4.45. The Morgan fingerprint density at radius 2 is 1.59 bits per heavy atom. The van der Waals surface area contributed by atoms with E-state index in [0.29, 0.717) is 4.89 Å². The van der Waals surface area contributed by atoms with Gasteiger partial charge in [-0.3, -0.25) is 4.57 Å². The van der Waals surface area contributed by atoms with E-state index >= 15 is 0 Å². The van der Waals surface area contributed by atoms with Gasteiger partial charge in [-0.2, -0.15) is 9.51 Å². The van der Waals surface area contributed by atoms with Crippen LogP contribution in [0.5, 0.6) is 0 Å². The standard InChI is InChI=1S/C6H14ClN4O5P/c7-17(8,14)9(10(12)1-3-15-5-10)11(13)2-4-16-6-11/h1-6H2,(H2,8,14). The Morgan fingerprint density at radius 1 is 1.18 bits per heavy atom. The Bertz CT molecular complexity index is 317. The van der Waals surface area contributed by atoms with E-state index in [1.165, 1.54) is 0 Å². The highest BCUT2D eigenvalue weighted by atomic mass is 35.7. The maximum atomic E-state index is 12.4. The van der Waals surface area contributed by atoms with E-state index in [1.807, 2.05) is 0 Å². The minimum atomic E-state index is -4.04. The summed E-state index contributed by atoms with van der Waals surface area (Å²) in [6, 6.07) is 0. The number of ether oxygens (including phenoxy) is 2. The Morgan fingerprint density at radius 3 is 1.82 bits per heavy atom. The second kappa shape index (κ2) is 4.39. The van der Waals surface area contributed by atoms with Crippen LogP contribution in [0.4, 0.5) is 0 Å². The zero-order valence-electron chi connectivity index (χ0n) is 9.03. The summed E-state index contributed by atoms with van der Waals surface area (Å²) in [5.74, 6) is 0. The minimum Gasteiger partial charge on any atom is -0.605 e. The first kappa shape index (κ1) is 13.6. The summed E-state index contributed by atoms with van der Waals surface area (Å²) in [5, 5.41) is 24.7. The molecule has 0 spiro atoms. The maximum absolute atomic E-state index is 12.4. The topological polar surface area (TPSA) is 111 Å². The van der Waals surface area contributed by atoms with Gasteiger partial charge in [-0.15, -0.1) is 0 Å². The molecule has 2 aliphatic heterocycles. The van der Waals surface area contributed by atoms with Crippen LogP contribution in [0.1, 0.15) is 0 Å². The molecule has 2 heterocycles. The predicted molar refractivity (Wildman–Crippen MR) is 58.1 cm³/mol. The largest absolute Gasteiger partial charge is 0.605 e. The molecule has 0 bridgehead atoms. The monoisotopic (exact) mass is 288 g/mol. The summed E-state index contributed by atoms with van der Waals surface area (Å²) >= 11 is 5.56. The molecule has 0 aliphatic carbocycles. The zero-order valence-corrected chi connectivity index (χ0v) is 10.7. The highest BCUT2D eigenvalue weighted by Gasteiger charge is 2.53. The molecule has 3 unspecified atom stereocenters. The van der Waals surface area contributed by atoms with Crippen LogP contribution in [0.25, 0.3) is 0 Å². The number of hydrogen-bond donors (Lipinski definition) is 1. The number of quaternary nitrogens is 2. The average Bonchev–Trinajstić information content (AvgIpc) is 2.73. The molecule has 2 aliphatic rings. The van der Waals surface area contributed by atoms with Gasteiger partial charge in [-0.25, -0.2) is 5.50 Å².